The topological polar surface area (TPSA) is 57.0 Å². The molecule has 5 heteroatoms. The minimum Gasteiger partial charge on any atom is -0.456 e. The molecule has 0 atom stereocenters. The van der Waals surface area contributed by atoms with Crippen LogP contribution in [0.5, 0.6) is 0 Å². The van der Waals surface area contributed by atoms with Gasteiger partial charge in [-0.3, -0.25) is 0 Å². The van der Waals surface area contributed by atoms with Crippen molar-refractivity contribution in [3.8, 4) is 39.5 Å². The number of nitrogens with zero attached hydrogens (tertiary/aromatic N) is 3. The van der Waals surface area contributed by atoms with Gasteiger partial charge in [0, 0.05) is 43.4 Å². The molecule has 0 fully saturated rings. The van der Waals surface area contributed by atoms with Gasteiger partial charge in [0.15, 0.2) is 5.82 Å². The molecule has 0 N–H and O–H groups in total. The van der Waals surface area contributed by atoms with E-state index in [2.05, 4.69) is 162 Å². The predicted octanol–water partition coefficient (Wildman–Crippen LogP) is 14.7. The molecule has 4 aromatic heterocycles. The Balaban J connectivity index is 1.09. The molecule has 0 saturated heterocycles. The zero-order chi connectivity index (χ0) is 38.6. The van der Waals surface area contributed by atoms with E-state index in [0.717, 1.165) is 88.2 Å². The second kappa shape index (κ2) is 12.2. The van der Waals surface area contributed by atoms with Crippen molar-refractivity contribution in [2.45, 2.75) is 0 Å². The molecule has 0 bridgehead atoms. The molecule has 13 rings (SSSR count). The van der Waals surface area contributed by atoms with Gasteiger partial charge in [0.2, 0.25) is 5.71 Å². The number of fused-ring (bicyclic) bond motifs is 11. The molecule has 0 saturated carbocycles. The first-order valence-electron chi connectivity index (χ1n) is 19.9. The van der Waals surface area contributed by atoms with E-state index in [1.54, 1.807) is 0 Å². The lowest BCUT2D eigenvalue weighted by Crippen LogP contribution is -1.99. The highest BCUT2D eigenvalue weighted by Gasteiger charge is 2.24. The molecule has 59 heavy (non-hydrogen) atoms. The minimum absolute atomic E-state index is 0.539. The summed E-state index contributed by atoms with van der Waals surface area (Å²) in [6.45, 7) is 0. The lowest BCUT2D eigenvalue weighted by molar-refractivity contribution is 0.654. The summed E-state index contributed by atoms with van der Waals surface area (Å²) in [5.41, 5.74) is 11.3. The number of para-hydroxylation sites is 2. The Morgan fingerprint density at radius 2 is 1.08 bits per heavy atom. The van der Waals surface area contributed by atoms with Crippen molar-refractivity contribution in [2.24, 2.45) is 0 Å². The van der Waals surface area contributed by atoms with Gasteiger partial charge in [-0.2, -0.15) is 4.98 Å². The van der Waals surface area contributed by atoms with Crippen molar-refractivity contribution < 1.29 is 8.83 Å². The fraction of sp³-hybridized carbons (Fsp3) is 0. The number of rotatable bonds is 4. The normalized spacial score (nSPS) is 12.1. The van der Waals surface area contributed by atoms with E-state index in [9.17, 15) is 0 Å². The van der Waals surface area contributed by atoms with Crippen molar-refractivity contribution in [3.63, 3.8) is 0 Å². The van der Waals surface area contributed by atoms with Gasteiger partial charge in [0.25, 0.3) is 0 Å². The molecule has 4 heterocycles. The summed E-state index contributed by atoms with van der Waals surface area (Å²) in [5.74, 6) is 0.593. The molecule has 0 spiro atoms. The molecule has 9 aromatic carbocycles. The summed E-state index contributed by atoms with van der Waals surface area (Å²) in [5, 5.41) is 10.9. The lowest BCUT2D eigenvalue weighted by Gasteiger charge is -2.15. The maximum atomic E-state index is 6.77. The van der Waals surface area contributed by atoms with Crippen molar-refractivity contribution in [3.05, 3.63) is 188 Å². The molecule has 0 radical (unpaired) electrons. The molecule has 0 unspecified atom stereocenters. The molecule has 0 aliphatic heterocycles. The van der Waals surface area contributed by atoms with E-state index in [1.807, 2.05) is 30.3 Å². The van der Waals surface area contributed by atoms with Gasteiger partial charge in [-0.1, -0.05) is 133 Å². The second-order valence-electron chi connectivity index (χ2n) is 15.3. The number of furan rings is 2. The molecule has 5 nitrogen and oxygen atoms in total. The Hall–Kier alpha value is -8.02. The van der Waals surface area contributed by atoms with Gasteiger partial charge in [0.1, 0.15) is 16.7 Å². The zero-order valence-electron chi connectivity index (χ0n) is 31.6. The van der Waals surface area contributed by atoms with Crippen molar-refractivity contribution in [2.75, 3.05) is 0 Å². The summed E-state index contributed by atoms with van der Waals surface area (Å²) in [4.78, 5) is 10.8. The van der Waals surface area contributed by atoms with Crippen LogP contribution in [-0.2, 0) is 0 Å². The monoisotopic (exact) mass is 753 g/mol. The third kappa shape index (κ3) is 4.73. The predicted molar refractivity (Wildman–Crippen MR) is 242 cm³/mol. The largest absolute Gasteiger partial charge is 0.456 e. The Bertz CT molecular complexity index is 3850. The summed E-state index contributed by atoms with van der Waals surface area (Å²) < 4.78 is 15.6. The van der Waals surface area contributed by atoms with Gasteiger partial charge in [0.05, 0.1) is 27.8 Å². The van der Waals surface area contributed by atoms with E-state index in [0.29, 0.717) is 11.5 Å². The summed E-state index contributed by atoms with van der Waals surface area (Å²) in [6, 6.07) is 66.1. The van der Waals surface area contributed by atoms with Gasteiger partial charge < -0.3 is 13.4 Å². The summed E-state index contributed by atoms with van der Waals surface area (Å²) >= 11 is 0. The highest BCUT2D eigenvalue weighted by atomic mass is 16.3. The van der Waals surface area contributed by atoms with Crippen molar-refractivity contribution in [1.29, 1.82) is 0 Å². The van der Waals surface area contributed by atoms with Crippen LogP contribution in [0.2, 0.25) is 0 Å². The van der Waals surface area contributed by atoms with Crippen LogP contribution in [0.15, 0.2) is 197 Å². The molecule has 0 amide bonds. The summed E-state index contributed by atoms with van der Waals surface area (Å²) in [6.07, 6.45) is 0. The quantitative estimate of drug-likeness (QED) is 0.180. The first kappa shape index (κ1) is 32.1. The highest BCUT2D eigenvalue weighted by molar-refractivity contribution is 6.19. The Morgan fingerprint density at radius 3 is 1.97 bits per heavy atom. The van der Waals surface area contributed by atoms with E-state index in [1.165, 1.54) is 27.1 Å². The van der Waals surface area contributed by atoms with Gasteiger partial charge in [-0.25, -0.2) is 4.98 Å². The Morgan fingerprint density at radius 1 is 0.373 bits per heavy atom. The number of aromatic nitrogens is 3. The molecular formula is C54H31N3O2. The van der Waals surface area contributed by atoms with Crippen LogP contribution >= 0.6 is 0 Å². The third-order valence-corrected chi connectivity index (χ3v) is 12.0. The van der Waals surface area contributed by atoms with Crippen LogP contribution in [0.1, 0.15) is 0 Å². The van der Waals surface area contributed by atoms with Crippen molar-refractivity contribution in [1.82, 2.24) is 14.5 Å². The Labute approximate surface area is 337 Å². The van der Waals surface area contributed by atoms with Crippen LogP contribution in [0.3, 0.4) is 0 Å². The second-order valence-corrected chi connectivity index (χ2v) is 15.3. The first-order valence-corrected chi connectivity index (χ1v) is 19.9. The van der Waals surface area contributed by atoms with E-state index in [-0.39, 0.29) is 0 Å². The standard InChI is InChI=1S/C54H31N3O2/c1-2-13-32(14-3-1)35-25-26-41-49(31-35)59-54-51(41)52(42-21-12-24-48-50(42)40-20-9-11-23-47(40)58-48)55-53(56-54)39-27-28-45(37-18-7-6-17-36(37)39)57-44-22-10-8-19-38(44)43-29-33-15-4-5-16-34(33)30-46(43)57/h1-31H. The molecule has 0 aliphatic carbocycles. The highest BCUT2D eigenvalue weighted by Crippen LogP contribution is 2.44. The fourth-order valence-electron chi connectivity index (χ4n) is 9.36. The fourth-order valence-corrected chi connectivity index (χ4v) is 9.36. The van der Waals surface area contributed by atoms with Gasteiger partial charge >= 0.3 is 0 Å². The van der Waals surface area contributed by atoms with Crippen LogP contribution < -0.4 is 0 Å². The number of hydrogen-bond donors (Lipinski definition) is 0. The van der Waals surface area contributed by atoms with Crippen LogP contribution in [0.25, 0.3) is 127 Å². The first-order chi connectivity index (χ1) is 29.2. The number of hydrogen-bond acceptors (Lipinski definition) is 4. The van der Waals surface area contributed by atoms with Crippen LogP contribution in [0.4, 0.5) is 0 Å². The van der Waals surface area contributed by atoms with Crippen molar-refractivity contribution >= 4 is 87.4 Å². The third-order valence-electron chi connectivity index (χ3n) is 12.0. The molecular weight excluding hydrogens is 723 g/mol. The Kier molecular flexibility index (Phi) is 6.66. The van der Waals surface area contributed by atoms with E-state index < -0.39 is 0 Å². The SMILES string of the molecule is c1ccc(-c2ccc3c(c2)oc2nc(-c4ccc(-n5c6ccccc6c6cc7ccccc7cc65)c5ccccc45)nc(-c4cccc5oc6ccccc6c45)c23)cc1. The lowest BCUT2D eigenvalue weighted by atomic mass is 9.98. The summed E-state index contributed by atoms with van der Waals surface area (Å²) in [7, 11) is 0. The van der Waals surface area contributed by atoms with Crippen LogP contribution in [0, 0.1) is 0 Å². The minimum atomic E-state index is 0.539. The van der Waals surface area contributed by atoms with Gasteiger partial charge in [-0.15, -0.1) is 0 Å². The molecule has 274 valence electrons. The van der Waals surface area contributed by atoms with Crippen LogP contribution in [-0.4, -0.2) is 14.5 Å². The average molecular weight is 754 g/mol. The smallest absolute Gasteiger partial charge is 0.231 e. The maximum absolute atomic E-state index is 6.77. The molecule has 0 aliphatic rings. The van der Waals surface area contributed by atoms with E-state index in [4.69, 9.17) is 18.8 Å². The zero-order valence-corrected chi connectivity index (χ0v) is 31.6. The maximum Gasteiger partial charge on any atom is 0.231 e. The number of benzene rings is 9. The van der Waals surface area contributed by atoms with Gasteiger partial charge in [-0.05, 0) is 81.9 Å². The average Bonchev–Trinajstić information content (AvgIpc) is 3.97. The molecule has 13 aromatic rings. The van der Waals surface area contributed by atoms with E-state index >= 15 is 0 Å².